The third-order valence-electron chi connectivity index (χ3n) is 4.74. The van der Waals surface area contributed by atoms with Gasteiger partial charge in [0, 0.05) is 10.5 Å². The summed E-state index contributed by atoms with van der Waals surface area (Å²) >= 11 is 3.08. The van der Waals surface area contributed by atoms with Crippen LogP contribution in [0.5, 0.6) is 0 Å². The molecule has 0 unspecified atom stereocenters. The van der Waals surface area contributed by atoms with Gasteiger partial charge < -0.3 is 4.74 Å². The highest BCUT2D eigenvalue weighted by atomic mass is 79.9. The number of nitro groups is 1. The quantitative estimate of drug-likeness (QED) is 0.173. The zero-order valence-electron chi connectivity index (χ0n) is 17.3. The number of nitrogens with zero attached hydrogens (tertiary/aromatic N) is 3. The van der Waals surface area contributed by atoms with Gasteiger partial charge in [0.15, 0.2) is 11.3 Å². The van der Waals surface area contributed by atoms with Crippen molar-refractivity contribution in [1.29, 1.82) is 0 Å². The molecule has 0 bridgehead atoms. The predicted octanol–water partition coefficient (Wildman–Crippen LogP) is 7.20. The van der Waals surface area contributed by atoms with Crippen molar-refractivity contribution in [1.82, 2.24) is 9.55 Å². The monoisotopic (exact) mass is 611 g/mol. The van der Waals surface area contributed by atoms with Crippen molar-refractivity contribution in [3.05, 3.63) is 67.9 Å². The molecule has 0 spiro atoms. The number of imidazole rings is 1. The minimum Gasteiger partial charge on any atom is -0.444 e. The van der Waals surface area contributed by atoms with E-state index in [1.165, 1.54) is 24.3 Å². The van der Waals surface area contributed by atoms with Gasteiger partial charge in [-0.2, -0.15) is 43.9 Å². The smallest absolute Gasteiger partial charge is 0.444 e. The number of ether oxygens (including phenoxy) is 1. The molecule has 200 valence electrons. The molecule has 37 heavy (non-hydrogen) atoms. The van der Waals surface area contributed by atoms with Gasteiger partial charge in [-0.05, 0) is 23.8 Å². The summed E-state index contributed by atoms with van der Waals surface area (Å²) in [5, 5.41) is 11.4. The maximum Gasteiger partial charge on any atom is 0.460 e. The average Bonchev–Trinajstić information content (AvgIpc) is 3.16. The number of fused-ring (bicyclic) bond motifs is 1. The SMILES string of the molecule is O=C(OCc1ccc(Br)cc1)n1c(C(F)(F)C(F)(F)C(F)(F)F)nc2cc(C(F)(F)F)cc([N+](=O)[O-])c21. The van der Waals surface area contributed by atoms with E-state index in [2.05, 4.69) is 25.7 Å². The Hall–Kier alpha value is -3.44. The summed E-state index contributed by atoms with van der Waals surface area (Å²) in [6, 6.07) is 5.10. The Morgan fingerprint density at radius 3 is 2.05 bits per heavy atom. The Balaban J connectivity index is 2.31. The molecule has 0 amide bonds. The Morgan fingerprint density at radius 2 is 1.57 bits per heavy atom. The van der Waals surface area contributed by atoms with Crippen LogP contribution in [0.25, 0.3) is 11.0 Å². The summed E-state index contributed by atoms with van der Waals surface area (Å²) in [5.74, 6) is -16.0. The van der Waals surface area contributed by atoms with Crippen LogP contribution in [-0.2, 0) is 23.4 Å². The lowest BCUT2D eigenvalue weighted by Crippen LogP contribution is -2.51. The topological polar surface area (TPSA) is 87.3 Å². The molecular weight excluding hydrogens is 604 g/mol. The Kier molecular flexibility index (Phi) is 6.95. The normalized spacial score (nSPS) is 13.2. The number of non-ortho nitro benzene ring substituents is 1. The molecule has 0 N–H and O–H groups in total. The van der Waals surface area contributed by atoms with Crippen LogP contribution in [0.2, 0.25) is 0 Å². The van der Waals surface area contributed by atoms with E-state index in [-0.39, 0.29) is 17.7 Å². The zero-order valence-corrected chi connectivity index (χ0v) is 18.9. The molecule has 1 aromatic heterocycles. The highest BCUT2D eigenvalue weighted by Crippen LogP contribution is 2.52. The van der Waals surface area contributed by atoms with Gasteiger partial charge in [-0.15, -0.1) is 0 Å². The van der Waals surface area contributed by atoms with Crippen molar-refractivity contribution in [2.24, 2.45) is 0 Å². The number of carbonyl (C=O) groups is 1. The first-order chi connectivity index (χ1) is 16.8. The van der Waals surface area contributed by atoms with Crippen LogP contribution in [0.3, 0.4) is 0 Å². The molecule has 0 atom stereocenters. The molecule has 0 saturated carbocycles. The zero-order chi connectivity index (χ0) is 28.1. The van der Waals surface area contributed by atoms with Gasteiger partial charge in [-0.25, -0.2) is 14.3 Å². The highest BCUT2D eigenvalue weighted by molar-refractivity contribution is 9.10. The fourth-order valence-electron chi connectivity index (χ4n) is 2.99. The number of carbonyl (C=O) groups excluding carboxylic acids is 1. The maximum absolute atomic E-state index is 14.6. The van der Waals surface area contributed by atoms with Gasteiger partial charge in [-0.1, -0.05) is 28.1 Å². The first-order valence-electron chi connectivity index (χ1n) is 9.31. The molecule has 1 heterocycles. The lowest BCUT2D eigenvalue weighted by molar-refractivity contribution is -0.383. The number of hydrogen-bond donors (Lipinski definition) is 0. The molecule has 0 aliphatic rings. The van der Waals surface area contributed by atoms with Gasteiger partial charge in [0.05, 0.1) is 16.0 Å². The lowest BCUT2D eigenvalue weighted by atomic mass is 10.1. The number of nitro benzene ring substituents is 1. The Bertz CT molecular complexity index is 1370. The fourth-order valence-corrected chi connectivity index (χ4v) is 3.25. The first kappa shape index (κ1) is 28.1. The second-order valence-electron chi connectivity index (χ2n) is 7.22. The van der Waals surface area contributed by atoms with E-state index in [1.807, 2.05) is 0 Å². The van der Waals surface area contributed by atoms with Crippen molar-refractivity contribution in [2.75, 3.05) is 0 Å². The molecule has 0 radical (unpaired) electrons. The second-order valence-corrected chi connectivity index (χ2v) is 8.13. The molecule has 7 nitrogen and oxygen atoms in total. The summed E-state index contributed by atoms with van der Waals surface area (Å²) in [5.41, 5.74) is -6.49. The van der Waals surface area contributed by atoms with Crippen molar-refractivity contribution in [3.8, 4) is 0 Å². The molecule has 2 aromatic carbocycles. The van der Waals surface area contributed by atoms with Crippen LogP contribution in [0.1, 0.15) is 17.0 Å². The largest absolute Gasteiger partial charge is 0.460 e. The van der Waals surface area contributed by atoms with E-state index in [4.69, 9.17) is 0 Å². The lowest BCUT2D eigenvalue weighted by Gasteiger charge is -2.27. The standard InChI is InChI=1S/C19H8BrF10N3O4/c20-10-3-1-8(2-4-10)7-37-15(34)32-13-11(5-9(17(23,24)25)6-12(13)33(35)36)31-14(32)16(21,22)18(26,27)19(28,29)30/h1-6H,7H2. The van der Waals surface area contributed by atoms with E-state index < -0.39 is 74.5 Å². The molecule has 3 rings (SSSR count). The summed E-state index contributed by atoms with van der Waals surface area (Å²) < 4.78 is 139. The first-order valence-corrected chi connectivity index (χ1v) is 10.1. The van der Waals surface area contributed by atoms with Gasteiger partial charge >= 0.3 is 30.3 Å². The van der Waals surface area contributed by atoms with E-state index in [0.717, 1.165) is 0 Å². The third kappa shape index (κ3) is 5.05. The molecule has 0 saturated heterocycles. The second kappa shape index (κ2) is 9.14. The van der Waals surface area contributed by atoms with Crippen LogP contribution in [-0.4, -0.2) is 32.7 Å². The van der Waals surface area contributed by atoms with E-state index in [9.17, 15) is 58.8 Å². The summed E-state index contributed by atoms with van der Waals surface area (Å²) in [4.78, 5) is 25.2. The van der Waals surface area contributed by atoms with Crippen molar-refractivity contribution >= 4 is 38.7 Å². The van der Waals surface area contributed by atoms with Crippen molar-refractivity contribution in [2.45, 2.75) is 30.8 Å². The van der Waals surface area contributed by atoms with E-state index >= 15 is 0 Å². The number of halogens is 11. The van der Waals surface area contributed by atoms with Crippen LogP contribution >= 0.6 is 15.9 Å². The molecule has 0 aliphatic heterocycles. The molecule has 3 aromatic rings. The minimum atomic E-state index is -6.93. The number of rotatable bonds is 5. The van der Waals surface area contributed by atoms with Crippen molar-refractivity contribution in [3.63, 3.8) is 0 Å². The van der Waals surface area contributed by atoms with Crippen LogP contribution in [0.15, 0.2) is 40.9 Å². The molecule has 18 heteroatoms. The Morgan fingerprint density at radius 1 is 1.00 bits per heavy atom. The van der Waals surface area contributed by atoms with E-state index in [0.29, 0.717) is 4.47 Å². The molecule has 0 fully saturated rings. The molecular formula is C19H8BrF10N3O4. The van der Waals surface area contributed by atoms with Crippen molar-refractivity contribution < 1.29 is 58.4 Å². The van der Waals surface area contributed by atoms with Crippen LogP contribution in [0.4, 0.5) is 54.4 Å². The van der Waals surface area contributed by atoms with Gasteiger partial charge in [0.1, 0.15) is 6.61 Å². The van der Waals surface area contributed by atoms with Crippen LogP contribution < -0.4 is 0 Å². The van der Waals surface area contributed by atoms with E-state index in [1.54, 1.807) is 0 Å². The summed E-state index contributed by atoms with van der Waals surface area (Å²) in [7, 11) is 0. The minimum absolute atomic E-state index is 0.133. The summed E-state index contributed by atoms with van der Waals surface area (Å²) in [6.45, 7) is -0.805. The molecule has 0 aliphatic carbocycles. The number of hydrogen-bond acceptors (Lipinski definition) is 5. The number of benzene rings is 2. The Labute approximate surface area is 205 Å². The van der Waals surface area contributed by atoms with Gasteiger partial charge in [0.25, 0.3) is 5.69 Å². The van der Waals surface area contributed by atoms with Gasteiger partial charge in [-0.3, -0.25) is 10.1 Å². The highest BCUT2D eigenvalue weighted by Gasteiger charge is 2.75. The number of alkyl halides is 10. The average molecular weight is 612 g/mol. The third-order valence-corrected chi connectivity index (χ3v) is 5.27. The fraction of sp³-hybridized carbons (Fsp3) is 0.263. The van der Waals surface area contributed by atoms with Crippen LogP contribution in [0, 0.1) is 10.1 Å². The maximum atomic E-state index is 14.6. The predicted molar refractivity (Wildman–Crippen MR) is 106 cm³/mol. The van der Waals surface area contributed by atoms with Gasteiger partial charge in [0.2, 0.25) is 0 Å². The number of aromatic nitrogens is 2. The summed E-state index contributed by atoms with van der Waals surface area (Å²) in [6.07, 6.45) is -14.4.